The molecule has 1 aliphatic heterocycles. The van der Waals surface area contributed by atoms with Gasteiger partial charge in [-0.05, 0) is 12.1 Å². The maximum absolute atomic E-state index is 13.2. The molecule has 16 heavy (non-hydrogen) atoms. The first kappa shape index (κ1) is 10.9. The van der Waals surface area contributed by atoms with E-state index in [9.17, 15) is 18.0 Å². The summed E-state index contributed by atoms with van der Waals surface area (Å²) in [5.41, 5.74) is -0.509. The molecule has 1 aromatic carbocycles. The van der Waals surface area contributed by atoms with E-state index in [4.69, 9.17) is 4.74 Å². The maximum Gasteiger partial charge on any atom is 0.254 e. The third-order valence-corrected chi connectivity index (χ3v) is 2.25. The molecule has 0 aromatic heterocycles. The molecule has 0 bridgehead atoms. The van der Waals surface area contributed by atoms with E-state index in [0.717, 1.165) is 6.07 Å². The van der Waals surface area contributed by atoms with Crippen molar-refractivity contribution in [1.82, 2.24) is 5.32 Å². The Morgan fingerprint density at radius 1 is 1.25 bits per heavy atom. The second kappa shape index (κ2) is 4.13. The van der Waals surface area contributed by atoms with Crippen molar-refractivity contribution in [3.8, 4) is 0 Å². The lowest BCUT2D eigenvalue weighted by molar-refractivity contribution is -0.00354. The highest BCUT2D eigenvalue weighted by molar-refractivity contribution is 5.94. The Morgan fingerprint density at radius 2 is 1.94 bits per heavy atom. The fourth-order valence-electron chi connectivity index (χ4n) is 1.28. The second-order valence-electron chi connectivity index (χ2n) is 3.43. The Kier molecular flexibility index (Phi) is 2.82. The molecule has 0 aliphatic carbocycles. The van der Waals surface area contributed by atoms with Crippen LogP contribution in [-0.2, 0) is 4.74 Å². The van der Waals surface area contributed by atoms with Crippen molar-refractivity contribution >= 4 is 5.91 Å². The molecule has 1 aliphatic rings. The van der Waals surface area contributed by atoms with Crippen molar-refractivity contribution in [3.05, 3.63) is 35.1 Å². The van der Waals surface area contributed by atoms with Gasteiger partial charge in [0.25, 0.3) is 5.91 Å². The molecule has 1 amide bonds. The smallest absolute Gasteiger partial charge is 0.254 e. The highest BCUT2D eigenvalue weighted by Gasteiger charge is 2.24. The van der Waals surface area contributed by atoms with E-state index in [1.54, 1.807) is 0 Å². The van der Waals surface area contributed by atoms with Crippen molar-refractivity contribution in [3.63, 3.8) is 0 Å². The van der Waals surface area contributed by atoms with Crippen molar-refractivity contribution in [2.45, 2.75) is 6.04 Å². The molecule has 6 heteroatoms. The summed E-state index contributed by atoms with van der Waals surface area (Å²) >= 11 is 0. The fraction of sp³-hybridized carbons (Fsp3) is 0.300. The quantitative estimate of drug-likeness (QED) is 0.777. The molecule has 0 atom stereocenters. The number of hydrogen-bond acceptors (Lipinski definition) is 2. The van der Waals surface area contributed by atoms with Crippen LogP contribution in [0.5, 0.6) is 0 Å². The summed E-state index contributed by atoms with van der Waals surface area (Å²) in [7, 11) is 0. The number of carbonyl (C=O) groups is 1. The normalized spacial score (nSPS) is 15.7. The van der Waals surface area contributed by atoms with E-state index in [2.05, 4.69) is 5.32 Å². The summed E-state index contributed by atoms with van der Waals surface area (Å²) < 4.78 is 43.4. The van der Waals surface area contributed by atoms with Gasteiger partial charge in [-0.3, -0.25) is 4.79 Å². The summed E-state index contributed by atoms with van der Waals surface area (Å²) in [4.78, 5) is 11.4. The number of rotatable bonds is 2. The first-order valence-electron chi connectivity index (χ1n) is 4.61. The number of ether oxygens (including phenoxy) is 1. The average molecular weight is 231 g/mol. The van der Waals surface area contributed by atoms with Gasteiger partial charge >= 0.3 is 0 Å². The minimum atomic E-state index is -1.64. The topological polar surface area (TPSA) is 38.3 Å². The van der Waals surface area contributed by atoms with Crippen LogP contribution in [0.3, 0.4) is 0 Å². The zero-order valence-corrected chi connectivity index (χ0v) is 8.10. The van der Waals surface area contributed by atoms with Crippen LogP contribution in [0.4, 0.5) is 13.2 Å². The molecule has 1 aromatic rings. The van der Waals surface area contributed by atoms with Crippen LogP contribution >= 0.6 is 0 Å². The average Bonchev–Trinajstić information content (AvgIpc) is 2.20. The molecule has 1 heterocycles. The summed E-state index contributed by atoms with van der Waals surface area (Å²) in [5.74, 6) is -5.21. The molecular formula is C10H8F3NO2. The Bertz CT molecular complexity index is 432. The van der Waals surface area contributed by atoms with E-state index in [1.165, 1.54) is 0 Å². The second-order valence-corrected chi connectivity index (χ2v) is 3.43. The third-order valence-electron chi connectivity index (χ3n) is 2.25. The Hall–Kier alpha value is -1.56. The molecule has 1 N–H and O–H groups in total. The molecule has 3 nitrogen and oxygen atoms in total. The van der Waals surface area contributed by atoms with Crippen LogP contribution in [0.1, 0.15) is 10.4 Å². The fourth-order valence-corrected chi connectivity index (χ4v) is 1.28. The highest BCUT2D eigenvalue weighted by Crippen LogP contribution is 2.15. The molecule has 86 valence electrons. The summed E-state index contributed by atoms with van der Waals surface area (Å²) in [5, 5.41) is 2.43. The molecule has 0 unspecified atom stereocenters. The van der Waals surface area contributed by atoms with Crippen molar-refractivity contribution < 1.29 is 22.7 Å². The van der Waals surface area contributed by atoms with E-state index < -0.39 is 28.9 Å². The van der Waals surface area contributed by atoms with Crippen LogP contribution < -0.4 is 5.32 Å². The van der Waals surface area contributed by atoms with Gasteiger partial charge in [0.15, 0.2) is 17.5 Å². The number of halogens is 3. The summed E-state index contributed by atoms with van der Waals surface area (Å²) in [6, 6.07) is 1.42. The third kappa shape index (κ3) is 1.88. The molecule has 0 spiro atoms. The molecule has 2 rings (SSSR count). The largest absolute Gasteiger partial charge is 0.377 e. The molecule has 0 saturated carbocycles. The first-order valence-corrected chi connectivity index (χ1v) is 4.61. The minimum Gasteiger partial charge on any atom is -0.377 e. The SMILES string of the molecule is O=C(NC1COC1)c1ccc(F)c(F)c1F. The van der Waals surface area contributed by atoms with Gasteiger partial charge in [0.2, 0.25) is 0 Å². The van der Waals surface area contributed by atoms with Gasteiger partial charge in [-0.2, -0.15) is 0 Å². The van der Waals surface area contributed by atoms with Crippen LogP contribution in [0.25, 0.3) is 0 Å². The van der Waals surface area contributed by atoms with Gasteiger partial charge in [0.05, 0.1) is 24.8 Å². The van der Waals surface area contributed by atoms with Crippen LogP contribution in [0.15, 0.2) is 12.1 Å². The molecule has 1 saturated heterocycles. The maximum atomic E-state index is 13.2. The minimum absolute atomic E-state index is 0.194. The number of carbonyl (C=O) groups excluding carboxylic acids is 1. The lowest BCUT2D eigenvalue weighted by Crippen LogP contribution is -2.48. The van der Waals surface area contributed by atoms with E-state index in [1.807, 2.05) is 0 Å². The van der Waals surface area contributed by atoms with Gasteiger partial charge in [0.1, 0.15) is 0 Å². The lowest BCUT2D eigenvalue weighted by atomic mass is 10.1. The van der Waals surface area contributed by atoms with Crippen LogP contribution in [0.2, 0.25) is 0 Å². The summed E-state index contributed by atoms with van der Waals surface area (Å²) in [6.07, 6.45) is 0. The van der Waals surface area contributed by atoms with Gasteiger partial charge < -0.3 is 10.1 Å². The van der Waals surface area contributed by atoms with Crippen LogP contribution in [-0.4, -0.2) is 25.2 Å². The summed E-state index contributed by atoms with van der Waals surface area (Å²) in [6.45, 7) is 0.689. The standard InChI is InChI=1S/C10H8F3NO2/c11-7-2-1-6(8(12)9(7)13)10(15)14-5-3-16-4-5/h1-2,5H,3-4H2,(H,14,15). The molecular weight excluding hydrogens is 223 g/mol. The van der Waals surface area contributed by atoms with Crippen molar-refractivity contribution in [2.24, 2.45) is 0 Å². The van der Waals surface area contributed by atoms with E-state index >= 15 is 0 Å². The Labute approximate surface area is 89.2 Å². The van der Waals surface area contributed by atoms with Gasteiger partial charge in [-0.1, -0.05) is 0 Å². The Balaban J connectivity index is 2.19. The van der Waals surface area contributed by atoms with E-state index in [0.29, 0.717) is 19.3 Å². The molecule has 1 fully saturated rings. The lowest BCUT2D eigenvalue weighted by Gasteiger charge is -2.26. The van der Waals surface area contributed by atoms with Gasteiger partial charge in [0, 0.05) is 0 Å². The zero-order chi connectivity index (χ0) is 11.7. The Morgan fingerprint density at radius 3 is 2.50 bits per heavy atom. The number of hydrogen-bond donors (Lipinski definition) is 1. The number of nitrogens with one attached hydrogen (secondary N) is 1. The van der Waals surface area contributed by atoms with Crippen molar-refractivity contribution in [1.29, 1.82) is 0 Å². The molecule has 0 radical (unpaired) electrons. The van der Waals surface area contributed by atoms with Crippen molar-refractivity contribution in [2.75, 3.05) is 13.2 Å². The predicted molar refractivity (Wildman–Crippen MR) is 48.4 cm³/mol. The van der Waals surface area contributed by atoms with Gasteiger partial charge in [-0.25, -0.2) is 13.2 Å². The van der Waals surface area contributed by atoms with E-state index in [-0.39, 0.29) is 6.04 Å². The monoisotopic (exact) mass is 231 g/mol. The first-order chi connectivity index (χ1) is 7.59. The van der Waals surface area contributed by atoms with Gasteiger partial charge in [-0.15, -0.1) is 0 Å². The van der Waals surface area contributed by atoms with Crippen LogP contribution in [0, 0.1) is 17.5 Å². The number of benzene rings is 1. The zero-order valence-electron chi connectivity index (χ0n) is 8.10. The highest BCUT2D eigenvalue weighted by atomic mass is 19.2. The number of amides is 1. The predicted octanol–water partition coefficient (Wildman–Crippen LogP) is 1.23.